The first-order chi connectivity index (χ1) is 13.6. The van der Waals surface area contributed by atoms with Gasteiger partial charge in [-0.15, -0.1) is 0 Å². The van der Waals surface area contributed by atoms with E-state index in [9.17, 15) is 4.79 Å². The number of piperidine rings is 1. The van der Waals surface area contributed by atoms with E-state index in [4.69, 9.17) is 5.26 Å². The van der Waals surface area contributed by atoms with E-state index in [-0.39, 0.29) is 0 Å². The second-order valence-corrected chi connectivity index (χ2v) is 6.91. The van der Waals surface area contributed by atoms with Gasteiger partial charge in [-0.05, 0) is 42.7 Å². The number of esters is 1. The van der Waals surface area contributed by atoms with Crippen LogP contribution in [0.4, 0.5) is 0 Å². The highest BCUT2D eigenvalue weighted by Crippen LogP contribution is 2.17. The van der Waals surface area contributed by atoms with Crippen LogP contribution < -0.4 is 5.32 Å². The first kappa shape index (κ1) is 19.6. The van der Waals surface area contributed by atoms with Crippen LogP contribution in [0.1, 0.15) is 40.0 Å². The number of aromatic nitrogens is 1. The Bertz CT molecular complexity index is 861. The number of carbonyl (C=O) groups is 1. The molecule has 0 spiro atoms. The van der Waals surface area contributed by atoms with Crippen molar-refractivity contribution in [2.24, 2.45) is 0 Å². The highest BCUT2D eigenvalue weighted by molar-refractivity contribution is 5.89. The molecule has 0 unspecified atom stereocenters. The molecule has 28 heavy (non-hydrogen) atoms. The lowest BCUT2D eigenvalue weighted by molar-refractivity contribution is 0.0600. The predicted octanol–water partition coefficient (Wildman–Crippen LogP) is 2.96. The molecule has 144 valence electrons. The van der Waals surface area contributed by atoms with Gasteiger partial charge < -0.3 is 10.1 Å². The molecule has 0 aliphatic carbocycles. The summed E-state index contributed by atoms with van der Waals surface area (Å²) in [5, 5.41) is 12.3. The molecule has 3 rings (SSSR count). The van der Waals surface area contributed by atoms with E-state index < -0.39 is 5.97 Å². The van der Waals surface area contributed by atoms with Crippen molar-refractivity contribution in [2.45, 2.75) is 25.4 Å². The average Bonchev–Trinajstić information content (AvgIpc) is 2.75. The van der Waals surface area contributed by atoms with Crippen molar-refractivity contribution in [2.75, 3.05) is 20.2 Å². The van der Waals surface area contributed by atoms with Crippen LogP contribution in [-0.2, 0) is 11.3 Å². The van der Waals surface area contributed by atoms with Gasteiger partial charge in [0.05, 0.1) is 35.7 Å². The second-order valence-electron chi connectivity index (χ2n) is 6.91. The number of rotatable bonds is 6. The number of nitrogens with zero attached hydrogens (tertiary/aromatic N) is 3. The number of nitriles is 1. The van der Waals surface area contributed by atoms with E-state index in [0.29, 0.717) is 17.2 Å². The minimum Gasteiger partial charge on any atom is -0.465 e. The highest BCUT2D eigenvalue weighted by Gasteiger charge is 2.20. The van der Waals surface area contributed by atoms with E-state index in [2.05, 4.69) is 32.6 Å². The molecular formula is C22H24N4O2. The lowest BCUT2D eigenvalue weighted by Crippen LogP contribution is -2.41. The summed E-state index contributed by atoms with van der Waals surface area (Å²) in [4.78, 5) is 18.2. The highest BCUT2D eigenvalue weighted by atomic mass is 16.5. The zero-order chi connectivity index (χ0) is 19.9. The maximum absolute atomic E-state index is 11.5. The molecule has 0 radical (unpaired) electrons. The van der Waals surface area contributed by atoms with Crippen LogP contribution in [0.25, 0.3) is 5.70 Å². The SMILES string of the molecule is C=C(NC1CCN(Cc2ccc(C#N)cc2)CC1)c1ccc(C(=O)OC)cn1. The Morgan fingerprint density at radius 2 is 2.00 bits per heavy atom. The topological polar surface area (TPSA) is 78.2 Å². The van der Waals surface area contributed by atoms with Crippen LogP contribution in [0.5, 0.6) is 0 Å². The van der Waals surface area contributed by atoms with E-state index in [1.165, 1.54) is 18.9 Å². The van der Waals surface area contributed by atoms with E-state index >= 15 is 0 Å². The van der Waals surface area contributed by atoms with Crippen LogP contribution in [0.2, 0.25) is 0 Å². The third-order valence-corrected chi connectivity index (χ3v) is 4.95. The summed E-state index contributed by atoms with van der Waals surface area (Å²) in [5.41, 5.74) is 3.84. The van der Waals surface area contributed by atoms with Gasteiger partial charge in [-0.3, -0.25) is 9.88 Å². The van der Waals surface area contributed by atoms with Gasteiger partial charge in [0.15, 0.2) is 0 Å². The zero-order valence-corrected chi connectivity index (χ0v) is 16.0. The minimum atomic E-state index is -0.396. The van der Waals surface area contributed by atoms with Gasteiger partial charge in [-0.1, -0.05) is 18.7 Å². The lowest BCUT2D eigenvalue weighted by atomic mass is 10.0. The number of hydrogen-bond donors (Lipinski definition) is 1. The molecule has 0 saturated carbocycles. The summed E-state index contributed by atoms with van der Waals surface area (Å²) in [5.74, 6) is -0.396. The summed E-state index contributed by atoms with van der Waals surface area (Å²) in [7, 11) is 1.35. The smallest absolute Gasteiger partial charge is 0.339 e. The molecule has 1 saturated heterocycles. The maximum Gasteiger partial charge on any atom is 0.339 e. The molecule has 6 heteroatoms. The standard InChI is InChI=1S/C22H24N4O2/c1-16(21-8-7-19(14-24-21)22(27)28-2)25-20-9-11-26(12-10-20)15-18-5-3-17(13-23)4-6-18/h3-8,14,20,25H,1,9-12,15H2,2H3. The Morgan fingerprint density at radius 1 is 1.29 bits per heavy atom. The third-order valence-electron chi connectivity index (χ3n) is 4.95. The third kappa shape index (κ3) is 4.96. The van der Waals surface area contributed by atoms with Crippen LogP contribution in [0.15, 0.2) is 49.2 Å². The van der Waals surface area contributed by atoms with Crippen molar-refractivity contribution in [3.63, 3.8) is 0 Å². The monoisotopic (exact) mass is 376 g/mol. The van der Waals surface area contributed by atoms with Crippen LogP contribution >= 0.6 is 0 Å². The molecule has 2 aromatic rings. The van der Waals surface area contributed by atoms with Crippen molar-refractivity contribution < 1.29 is 9.53 Å². The molecule has 2 heterocycles. The molecule has 6 nitrogen and oxygen atoms in total. The average molecular weight is 376 g/mol. The van der Waals surface area contributed by atoms with E-state index in [0.717, 1.165) is 43.9 Å². The lowest BCUT2D eigenvalue weighted by Gasteiger charge is -2.33. The Morgan fingerprint density at radius 3 is 2.57 bits per heavy atom. The number of hydrogen-bond acceptors (Lipinski definition) is 6. The molecule has 1 aliphatic rings. The van der Waals surface area contributed by atoms with Crippen LogP contribution in [0, 0.1) is 11.3 Å². The molecule has 1 N–H and O–H groups in total. The molecular weight excluding hydrogens is 352 g/mol. The number of pyridine rings is 1. The first-order valence-electron chi connectivity index (χ1n) is 9.30. The predicted molar refractivity (Wildman–Crippen MR) is 107 cm³/mol. The summed E-state index contributed by atoms with van der Waals surface area (Å²) in [6.07, 6.45) is 3.55. The van der Waals surface area contributed by atoms with Gasteiger partial charge in [0.2, 0.25) is 0 Å². The molecule has 1 aromatic heterocycles. The maximum atomic E-state index is 11.5. The quantitative estimate of drug-likeness (QED) is 0.781. The molecule has 1 aromatic carbocycles. The molecule has 1 aliphatic heterocycles. The summed E-state index contributed by atoms with van der Waals surface area (Å²) in [6.45, 7) is 6.99. The van der Waals surface area contributed by atoms with Gasteiger partial charge in [-0.25, -0.2) is 4.79 Å². The summed E-state index contributed by atoms with van der Waals surface area (Å²) in [6, 6.07) is 13.8. The molecule has 1 fully saturated rings. The molecule has 0 bridgehead atoms. The summed E-state index contributed by atoms with van der Waals surface area (Å²) >= 11 is 0. The fourth-order valence-electron chi connectivity index (χ4n) is 3.31. The largest absolute Gasteiger partial charge is 0.465 e. The molecule has 0 atom stereocenters. The van der Waals surface area contributed by atoms with E-state index in [1.807, 2.05) is 24.3 Å². The minimum absolute atomic E-state index is 0.354. The fraction of sp³-hybridized carbons (Fsp3) is 0.318. The van der Waals surface area contributed by atoms with Crippen molar-refractivity contribution >= 4 is 11.7 Å². The Kier molecular flexibility index (Phi) is 6.41. The van der Waals surface area contributed by atoms with Gasteiger partial charge in [0.1, 0.15) is 0 Å². The van der Waals surface area contributed by atoms with Crippen molar-refractivity contribution in [1.29, 1.82) is 5.26 Å². The number of nitrogens with one attached hydrogen (secondary N) is 1. The molecule has 0 amide bonds. The Labute approximate surface area is 165 Å². The van der Waals surface area contributed by atoms with Crippen LogP contribution in [-0.4, -0.2) is 42.1 Å². The number of methoxy groups -OCH3 is 1. The van der Waals surface area contributed by atoms with Gasteiger partial charge in [-0.2, -0.15) is 5.26 Å². The number of benzene rings is 1. The zero-order valence-electron chi connectivity index (χ0n) is 16.0. The van der Waals surface area contributed by atoms with Gasteiger partial charge in [0.25, 0.3) is 0 Å². The number of likely N-dealkylation sites (tertiary alicyclic amines) is 1. The van der Waals surface area contributed by atoms with Crippen molar-refractivity contribution in [1.82, 2.24) is 15.2 Å². The van der Waals surface area contributed by atoms with Gasteiger partial charge >= 0.3 is 5.97 Å². The second kappa shape index (κ2) is 9.16. The van der Waals surface area contributed by atoms with Crippen molar-refractivity contribution in [3.8, 4) is 6.07 Å². The Hall–Kier alpha value is -3.17. The fourth-order valence-corrected chi connectivity index (χ4v) is 3.31. The normalized spacial score (nSPS) is 14.9. The Balaban J connectivity index is 1.47. The number of carbonyl (C=O) groups excluding carboxylic acids is 1. The van der Waals surface area contributed by atoms with E-state index in [1.54, 1.807) is 12.1 Å². The summed E-state index contributed by atoms with van der Waals surface area (Å²) < 4.78 is 4.69. The van der Waals surface area contributed by atoms with Crippen LogP contribution in [0.3, 0.4) is 0 Å². The first-order valence-corrected chi connectivity index (χ1v) is 9.30. The van der Waals surface area contributed by atoms with Crippen molar-refractivity contribution in [3.05, 3.63) is 71.6 Å². The number of ether oxygens (including phenoxy) is 1. The van der Waals surface area contributed by atoms with Gasteiger partial charge in [0, 0.05) is 31.9 Å².